The number of nitrogens with zero attached hydrogens (tertiary/aromatic N) is 1. The minimum atomic E-state index is -0.0635. The van der Waals surface area contributed by atoms with Gasteiger partial charge in [-0.15, -0.1) is 0 Å². The second kappa shape index (κ2) is 7.56. The number of nitrogens with one attached hydrogen (secondary N) is 1. The number of carbonyl (C=O) groups is 1. The highest BCUT2D eigenvalue weighted by Crippen LogP contribution is 2.19. The summed E-state index contributed by atoms with van der Waals surface area (Å²) in [5.41, 5.74) is 3.09. The molecule has 116 valence electrons. The van der Waals surface area contributed by atoms with E-state index in [9.17, 15) is 4.79 Å². The first-order valence-corrected chi connectivity index (χ1v) is 8.04. The Balaban J connectivity index is 2.08. The van der Waals surface area contributed by atoms with Gasteiger partial charge in [0.1, 0.15) is 0 Å². The van der Waals surface area contributed by atoms with Gasteiger partial charge in [-0.1, -0.05) is 42.0 Å². The summed E-state index contributed by atoms with van der Waals surface area (Å²) < 4.78 is 0.809. The standard InChI is InChI=1S/C18H21BrN2O/c1-13-8-10-14(11-9-13)17(21(2)3)12-20-18(22)15-6-4-5-7-16(15)19/h4-11,17H,12H2,1-3H3,(H,20,22). The smallest absolute Gasteiger partial charge is 0.252 e. The van der Waals surface area contributed by atoms with E-state index in [1.807, 2.05) is 38.4 Å². The van der Waals surface area contributed by atoms with Crippen molar-refractivity contribution in [2.75, 3.05) is 20.6 Å². The summed E-state index contributed by atoms with van der Waals surface area (Å²) in [6, 6.07) is 16.0. The fourth-order valence-corrected chi connectivity index (χ4v) is 2.78. The summed E-state index contributed by atoms with van der Waals surface area (Å²) in [4.78, 5) is 14.4. The molecule has 1 unspecified atom stereocenters. The summed E-state index contributed by atoms with van der Waals surface area (Å²) in [5, 5.41) is 3.02. The van der Waals surface area contributed by atoms with Crippen LogP contribution in [0.2, 0.25) is 0 Å². The lowest BCUT2D eigenvalue weighted by molar-refractivity contribution is 0.0941. The van der Waals surface area contributed by atoms with E-state index in [2.05, 4.69) is 57.3 Å². The Bertz CT molecular complexity index is 638. The lowest BCUT2D eigenvalue weighted by Crippen LogP contribution is -2.34. The molecule has 1 N–H and O–H groups in total. The van der Waals surface area contributed by atoms with Crippen LogP contribution in [-0.4, -0.2) is 31.4 Å². The maximum absolute atomic E-state index is 12.3. The molecular formula is C18H21BrN2O. The highest BCUT2D eigenvalue weighted by atomic mass is 79.9. The van der Waals surface area contributed by atoms with Crippen molar-refractivity contribution in [1.29, 1.82) is 0 Å². The lowest BCUT2D eigenvalue weighted by Gasteiger charge is -2.25. The van der Waals surface area contributed by atoms with Crippen molar-refractivity contribution in [2.45, 2.75) is 13.0 Å². The molecule has 22 heavy (non-hydrogen) atoms. The van der Waals surface area contributed by atoms with Gasteiger partial charge in [0.15, 0.2) is 0 Å². The number of hydrogen-bond acceptors (Lipinski definition) is 2. The van der Waals surface area contributed by atoms with Gasteiger partial charge >= 0.3 is 0 Å². The minimum absolute atomic E-state index is 0.0635. The first-order chi connectivity index (χ1) is 10.5. The number of benzene rings is 2. The third-order valence-corrected chi connectivity index (χ3v) is 4.35. The van der Waals surface area contributed by atoms with Crippen LogP contribution in [0.3, 0.4) is 0 Å². The van der Waals surface area contributed by atoms with Gasteiger partial charge < -0.3 is 10.2 Å². The SMILES string of the molecule is Cc1ccc(C(CNC(=O)c2ccccc2Br)N(C)C)cc1. The topological polar surface area (TPSA) is 32.3 Å². The maximum atomic E-state index is 12.3. The van der Waals surface area contributed by atoms with Gasteiger partial charge in [0, 0.05) is 11.0 Å². The second-order valence-electron chi connectivity index (χ2n) is 5.58. The molecule has 0 aliphatic rings. The van der Waals surface area contributed by atoms with Crippen LogP contribution >= 0.6 is 15.9 Å². The first-order valence-electron chi connectivity index (χ1n) is 7.24. The summed E-state index contributed by atoms with van der Waals surface area (Å²) in [5.74, 6) is -0.0635. The Morgan fingerprint density at radius 2 is 1.77 bits per heavy atom. The molecule has 0 aromatic heterocycles. The molecule has 0 bridgehead atoms. The molecule has 1 amide bonds. The zero-order valence-corrected chi connectivity index (χ0v) is 14.7. The molecule has 2 aromatic carbocycles. The van der Waals surface area contributed by atoms with E-state index in [1.165, 1.54) is 11.1 Å². The largest absolute Gasteiger partial charge is 0.350 e. The third-order valence-electron chi connectivity index (χ3n) is 3.66. The number of rotatable bonds is 5. The average Bonchev–Trinajstić information content (AvgIpc) is 2.49. The van der Waals surface area contributed by atoms with E-state index in [1.54, 1.807) is 0 Å². The Hall–Kier alpha value is -1.65. The second-order valence-corrected chi connectivity index (χ2v) is 6.43. The van der Waals surface area contributed by atoms with Crippen molar-refractivity contribution >= 4 is 21.8 Å². The fraction of sp³-hybridized carbons (Fsp3) is 0.278. The van der Waals surface area contributed by atoms with Crippen LogP contribution in [0.1, 0.15) is 27.5 Å². The highest BCUT2D eigenvalue weighted by Gasteiger charge is 2.16. The molecule has 0 aliphatic heterocycles. The zero-order valence-electron chi connectivity index (χ0n) is 13.1. The van der Waals surface area contributed by atoms with E-state index in [-0.39, 0.29) is 11.9 Å². The average molecular weight is 361 g/mol. The number of aryl methyl sites for hydroxylation is 1. The van der Waals surface area contributed by atoms with E-state index in [0.717, 1.165) is 4.47 Å². The zero-order chi connectivity index (χ0) is 16.1. The molecule has 0 saturated heterocycles. The molecule has 2 aromatic rings. The van der Waals surface area contributed by atoms with Crippen molar-refractivity contribution < 1.29 is 4.79 Å². The molecule has 2 rings (SSSR count). The number of likely N-dealkylation sites (N-methyl/N-ethyl adjacent to an activating group) is 1. The Morgan fingerprint density at radius 1 is 1.14 bits per heavy atom. The van der Waals surface area contributed by atoms with E-state index < -0.39 is 0 Å². The number of hydrogen-bond donors (Lipinski definition) is 1. The summed E-state index contributed by atoms with van der Waals surface area (Å²) in [6.07, 6.45) is 0. The highest BCUT2D eigenvalue weighted by molar-refractivity contribution is 9.10. The molecule has 0 radical (unpaired) electrons. The molecule has 0 heterocycles. The van der Waals surface area contributed by atoms with Crippen molar-refractivity contribution in [2.24, 2.45) is 0 Å². The van der Waals surface area contributed by atoms with Crippen LogP contribution < -0.4 is 5.32 Å². The molecule has 0 fully saturated rings. The van der Waals surface area contributed by atoms with Crippen LogP contribution in [0.25, 0.3) is 0 Å². The number of amides is 1. The Kier molecular flexibility index (Phi) is 5.75. The molecule has 1 atom stereocenters. The van der Waals surface area contributed by atoms with Gasteiger partial charge in [-0.2, -0.15) is 0 Å². The van der Waals surface area contributed by atoms with E-state index in [0.29, 0.717) is 12.1 Å². The molecular weight excluding hydrogens is 340 g/mol. The van der Waals surface area contributed by atoms with Crippen molar-refractivity contribution in [1.82, 2.24) is 10.2 Å². The maximum Gasteiger partial charge on any atom is 0.252 e. The summed E-state index contributed by atoms with van der Waals surface area (Å²) >= 11 is 3.41. The monoisotopic (exact) mass is 360 g/mol. The van der Waals surface area contributed by atoms with Crippen LogP contribution in [0, 0.1) is 6.92 Å². The van der Waals surface area contributed by atoms with Crippen LogP contribution in [-0.2, 0) is 0 Å². The fourth-order valence-electron chi connectivity index (χ4n) is 2.32. The number of carbonyl (C=O) groups excluding carboxylic acids is 1. The van der Waals surface area contributed by atoms with Gasteiger partial charge in [-0.25, -0.2) is 0 Å². The van der Waals surface area contributed by atoms with Crippen molar-refractivity contribution in [3.63, 3.8) is 0 Å². The Morgan fingerprint density at radius 3 is 2.36 bits per heavy atom. The van der Waals surface area contributed by atoms with Gasteiger partial charge in [0.25, 0.3) is 5.91 Å². The van der Waals surface area contributed by atoms with Gasteiger partial charge in [-0.3, -0.25) is 4.79 Å². The number of halogens is 1. The van der Waals surface area contributed by atoms with Gasteiger partial charge in [0.05, 0.1) is 11.6 Å². The molecule has 0 aliphatic carbocycles. The van der Waals surface area contributed by atoms with Crippen molar-refractivity contribution in [3.8, 4) is 0 Å². The molecule has 3 nitrogen and oxygen atoms in total. The first kappa shape index (κ1) is 16.7. The van der Waals surface area contributed by atoms with Gasteiger partial charge in [0.2, 0.25) is 0 Å². The Labute approximate surface area is 140 Å². The van der Waals surface area contributed by atoms with Crippen LogP contribution in [0.5, 0.6) is 0 Å². The molecule has 0 spiro atoms. The molecule has 4 heteroatoms. The lowest BCUT2D eigenvalue weighted by atomic mass is 10.0. The van der Waals surface area contributed by atoms with Crippen molar-refractivity contribution in [3.05, 3.63) is 69.7 Å². The predicted octanol–water partition coefficient (Wildman–Crippen LogP) is 3.79. The van der Waals surface area contributed by atoms with E-state index in [4.69, 9.17) is 0 Å². The summed E-state index contributed by atoms with van der Waals surface area (Å²) in [6.45, 7) is 2.64. The van der Waals surface area contributed by atoms with E-state index >= 15 is 0 Å². The normalized spacial score (nSPS) is 12.2. The van der Waals surface area contributed by atoms with Crippen LogP contribution in [0.4, 0.5) is 0 Å². The summed E-state index contributed by atoms with van der Waals surface area (Å²) in [7, 11) is 4.05. The van der Waals surface area contributed by atoms with Crippen LogP contribution in [0.15, 0.2) is 53.0 Å². The molecule has 0 saturated carbocycles. The quantitative estimate of drug-likeness (QED) is 0.879. The third kappa shape index (κ3) is 4.18. The van der Waals surface area contributed by atoms with Gasteiger partial charge in [-0.05, 0) is 54.6 Å². The predicted molar refractivity (Wildman–Crippen MR) is 94.1 cm³/mol. The minimum Gasteiger partial charge on any atom is -0.350 e.